The zero-order chi connectivity index (χ0) is 9.54. The molecule has 2 heterocycles. The smallest absolute Gasteiger partial charge is 0.140 e. The lowest BCUT2D eigenvalue weighted by Gasteiger charge is -2.33. The monoisotopic (exact) mass is 187 g/mol. The third kappa shape index (κ3) is 1.06. The highest BCUT2D eigenvalue weighted by Crippen LogP contribution is 2.33. The lowest BCUT2D eigenvalue weighted by Crippen LogP contribution is -2.37. The van der Waals surface area contributed by atoms with E-state index in [4.69, 9.17) is 5.73 Å². The molecule has 0 radical (unpaired) electrons. The summed E-state index contributed by atoms with van der Waals surface area (Å²) in [5.41, 5.74) is 6.87. The predicted molar refractivity (Wildman–Crippen MR) is 56.0 cm³/mol. The summed E-state index contributed by atoms with van der Waals surface area (Å²) in [6, 6.07) is 7.14. The van der Waals surface area contributed by atoms with Gasteiger partial charge in [-0.3, -0.25) is 0 Å². The number of rotatable bonds is 1. The van der Waals surface area contributed by atoms with E-state index in [1.807, 2.05) is 12.3 Å². The first-order valence-corrected chi connectivity index (χ1v) is 5.02. The molecular formula is C11H13N3. The van der Waals surface area contributed by atoms with E-state index in [2.05, 4.69) is 27.9 Å². The van der Waals surface area contributed by atoms with E-state index in [0.29, 0.717) is 12.1 Å². The van der Waals surface area contributed by atoms with Gasteiger partial charge in [-0.15, -0.1) is 0 Å². The molecule has 1 aliphatic rings. The Morgan fingerprint density at radius 3 is 3.00 bits per heavy atom. The van der Waals surface area contributed by atoms with Crippen LogP contribution in [0.4, 0.5) is 0 Å². The van der Waals surface area contributed by atoms with Crippen LogP contribution in [0.5, 0.6) is 0 Å². The molecule has 0 amide bonds. The Bertz CT molecular complexity index is 454. The van der Waals surface area contributed by atoms with Gasteiger partial charge in [-0.25, -0.2) is 4.98 Å². The molecule has 2 N–H and O–H groups in total. The molecule has 1 saturated carbocycles. The molecule has 1 fully saturated rings. The van der Waals surface area contributed by atoms with Crippen molar-refractivity contribution in [2.75, 3.05) is 0 Å². The van der Waals surface area contributed by atoms with Crippen LogP contribution in [0, 0.1) is 0 Å². The molecule has 1 aliphatic carbocycles. The van der Waals surface area contributed by atoms with E-state index < -0.39 is 0 Å². The third-order valence-electron chi connectivity index (χ3n) is 3.02. The zero-order valence-electron chi connectivity index (χ0n) is 7.93. The van der Waals surface area contributed by atoms with Crippen LogP contribution in [0.2, 0.25) is 0 Å². The largest absolute Gasteiger partial charge is 0.329 e. The fourth-order valence-corrected chi connectivity index (χ4v) is 2.14. The minimum Gasteiger partial charge on any atom is -0.329 e. The number of pyridine rings is 1. The van der Waals surface area contributed by atoms with Crippen molar-refractivity contribution in [1.82, 2.24) is 9.55 Å². The third-order valence-corrected chi connectivity index (χ3v) is 3.02. The lowest BCUT2D eigenvalue weighted by molar-refractivity contribution is 0.272. The van der Waals surface area contributed by atoms with Gasteiger partial charge in [0.15, 0.2) is 0 Å². The summed E-state index contributed by atoms with van der Waals surface area (Å²) >= 11 is 0. The Hall–Kier alpha value is -1.35. The molecule has 0 atom stereocenters. The van der Waals surface area contributed by atoms with Gasteiger partial charge in [0.05, 0.1) is 0 Å². The van der Waals surface area contributed by atoms with E-state index >= 15 is 0 Å². The molecule has 0 saturated heterocycles. The number of nitrogens with two attached hydrogens (primary N) is 1. The van der Waals surface area contributed by atoms with E-state index in [1.165, 1.54) is 5.39 Å². The number of hydrogen-bond acceptors (Lipinski definition) is 2. The molecule has 2 aromatic rings. The van der Waals surface area contributed by atoms with E-state index in [-0.39, 0.29) is 0 Å². The summed E-state index contributed by atoms with van der Waals surface area (Å²) in [5.74, 6) is 0. The molecule has 3 rings (SSSR count). The second-order valence-corrected chi connectivity index (χ2v) is 4.02. The zero-order valence-corrected chi connectivity index (χ0v) is 7.93. The Labute approximate surface area is 82.5 Å². The van der Waals surface area contributed by atoms with Crippen LogP contribution in [-0.4, -0.2) is 15.6 Å². The fraction of sp³-hybridized carbons (Fsp3) is 0.364. The molecule has 0 bridgehead atoms. The summed E-state index contributed by atoms with van der Waals surface area (Å²) in [6.45, 7) is 0. The lowest BCUT2D eigenvalue weighted by atomic mass is 9.87. The maximum absolute atomic E-state index is 5.79. The highest BCUT2D eigenvalue weighted by molar-refractivity contribution is 5.75. The van der Waals surface area contributed by atoms with Crippen molar-refractivity contribution < 1.29 is 0 Å². The molecule has 72 valence electrons. The van der Waals surface area contributed by atoms with Crippen molar-refractivity contribution >= 4 is 11.0 Å². The second kappa shape index (κ2) is 2.82. The van der Waals surface area contributed by atoms with Crippen molar-refractivity contribution in [2.24, 2.45) is 5.73 Å². The Morgan fingerprint density at radius 2 is 2.21 bits per heavy atom. The van der Waals surface area contributed by atoms with Crippen LogP contribution in [-0.2, 0) is 0 Å². The maximum Gasteiger partial charge on any atom is 0.140 e. The molecular weight excluding hydrogens is 174 g/mol. The van der Waals surface area contributed by atoms with Crippen molar-refractivity contribution in [3.05, 3.63) is 30.6 Å². The quantitative estimate of drug-likeness (QED) is 0.738. The van der Waals surface area contributed by atoms with Gasteiger partial charge < -0.3 is 10.3 Å². The van der Waals surface area contributed by atoms with Gasteiger partial charge >= 0.3 is 0 Å². The van der Waals surface area contributed by atoms with Crippen LogP contribution in [0.1, 0.15) is 18.9 Å². The molecule has 0 unspecified atom stereocenters. The van der Waals surface area contributed by atoms with Crippen molar-refractivity contribution in [3.63, 3.8) is 0 Å². The first-order valence-electron chi connectivity index (χ1n) is 5.02. The van der Waals surface area contributed by atoms with Gasteiger partial charge in [-0.2, -0.15) is 0 Å². The number of hydrogen-bond donors (Lipinski definition) is 1. The molecule has 2 aromatic heterocycles. The summed E-state index contributed by atoms with van der Waals surface area (Å²) in [4.78, 5) is 4.39. The van der Waals surface area contributed by atoms with E-state index in [0.717, 1.165) is 18.5 Å². The summed E-state index contributed by atoms with van der Waals surface area (Å²) in [5, 5.41) is 1.22. The van der Waals surface area contributed by atoms with Crippen molar-refractivity contribution in [3.8, 4) is 0 Å². The highest BCUT2D eigenvalue weighted by Gasteiger charge is 2.27. The molecule has 14 heavy (non-hydrogen) atoms. The summed E-state index contributed by atoms with van der Waals surface area (Å²) in [6.07, 6.45) is 6.13. The number of fused-ring (bicyclic) bond motifs is 1. The Morgan fingerprint density at radius 1 is 1.36 bits per heavy atom. The Kier molecular flexibility index (Phi) is 1.61. The van der Waals surface area contributed by atoms with Gasteiger partial charge in [-0.05, 0) is 31.0 Å². The molecule has 0 aromatic carbocycles. The summed E-state index contributed by atoms with van der Waals surface area (Å²) in [7, 11) is 0. The minimum absolute atomic E-state index is 0.390. The summed E-state index contributed by atoms with van der Waals surface area (Å²) < 4.78 is 2.25. The minimum atomic E-state index is 0.390. The topological polar surface area (TPSA) is 43.8 Å². The fourth-order valence-electron chi connectivity index (χ4n) is 2.14. The molecule has 0 aliphatic heterocycles. The van der Waals surface area contributed by atoms with Gasteiger partial charge in [0.1, 0.15) is 5.65 Å². The normalized spacial score (nSPS) is 26.4. The average molecular weight is 187 g/mol. The SMILES string of the molecule is N[C@H]1C[C@H](n2ccc3cccnc32)C1. The molecule has 3 heteroatoms. The number of aromatic nitrogens is 2. The number of nitrogens with zero attached hydrogens (tertiary/aromatic N) is 2. The second-order valence-electron chi connectivity index (χ2n) is 4.02. The van der Waals surface area contributed by atoms with Crippen LogP contribution in [0.25, 0.3) is 11.0 Å². The van der Waals surface area contributed by atoms with Gasteiger partial charge in [0.25, 0.3) is 0 Å². The van der Waals surface area contributed by atoms with Crippen LogP contribution in [0.3, 0.4) is 0 Å². The highest BCUT2D eigenvalue weighted by atomic mass is 15.1. The van der Waals surface area contributed by atoms with Crippen molar-refractivity contribution in [1.29, 1.82) is 0 Å². The standard InChI is InChI=1S/C11H13N3/c12-9-6-10(7-9)14-5-3-8-2-1-4-13-11(8)14/h1-5,9-10H,6-7,12H2/t9-,10-. The molecule has 3 nitrogen and oxygen atoms in total. The predicted octanol–water partition coefficient (Wildman–Crippen LogP) is 1.70. The van der Waals surface area contributed by atoms with E-state index in [1.54, 1.807) is 0 Å². The first kappa shape index (κ1) is 8.00. The van der Waals surface area contributed by atoms with Gasteiger partial charge in [0.2, 0.25) is 0 Å². The van der Waals surface area contributed by atoms with Crippen molar-refractivity contribution in [2.45, 2.75) is 24.9 Å². The van der Waals surface area contributed by atoms with E-state index in [9.17, 15) is 0 Å². The van der Waals surface area contributed by atoms with Crippen LogP contribution < -0.4 is 5.73 Å². The maximum atomic E-state index is 5.79. The van der Waals surface area contributed by atoms with Crippen LogP contribution in [0.15, 0.2) is 30.6 Å². The van der Waals surface area contributed by atoms with Crippen LogP contribution >= 0.6 is 0 Å². The van der Waals surface area contributed by atoms with Gasteiger partial charge in [0, 0.05) is 29.9 Å². The first-order chi connectivity index (χ1) is 6.84. The van der Waals surface area contributed by atoms with Gasteiger partial charge in [-0.1, -0.05) is 0 Å². The molecule has 0 spiro atoms. The average Bonchev–Trinajstić information content (AvgIpc) is 2.56. The Balaban J connectivity index is 2.05.